The molecule has 1 saturated heterocycles. The fourth-order valence-corrected chi connectivity index (χ4v) is 2.93. The summed E-state index contributed by atoms with van der Waals surface area (Å²) >= 11 is 3.40. The second-order valence-corrected chi connectivity index (χ2v) is 5.49. The first kappa shape index (κ1) is 13.9. The Balaban J connectivity index is 2.11. The molecule has 1 aliphatic rings. The van der Waals surface area contributed by atoms with Crippen molar-refractivity contribution in [3.63, 3.8) is 0 Å². The number of halogens is 1. The molecule has 1 aliphatic heterocycles. The van der Waals surface area contributed by atoms with Crippen molar-refractivity contribution in [1.29, 1.82) is 0 Å². The number of hydrogen-bond donors (Lipinski definition) is 2. The van der Waals surface area contributed by atoms with Crippen molar-refractivity contribution in [3.05, 3.63) is 28.2 Å². The molecule has 1 amide bonds. The van der Waals surface area contributed by atoms with Gasteiger partial charge in [0.05, 0.1) is 11.3 Å². The molecule has 0 unspecified atom stereocenters. The van der Waals surface area contributed by atoms with E-state index in [4.69, 9.17) is 10.8 Å². The van der Waals surface area contributed by atoms with Gasteiger partial charge in [0.15, 0.2) is 0 Å². The van der Waals surface area contributed by atoms with Crippen molar-refractivity contribution in [3.8, 4) is 0 Å². The summed E-state index contributed by atoms with van der Waals surface area (Å²) in [5.41, 5.74) is 6.51. The molecule has 5 nitrogen and oxygen atoms in total. The zero-order valence-corrected chi connectivity index (χ0v) is 11.9. The molecule has 102 valence electrons. The molecule has 2 rings (SSSR count). The summed E-state index contributed by atoms with van der Waals surface area (Å²) in [6.45, 7) is 1.50. The number of nitrogens with zero attached hydrogens (tertiary/aromatic N) is 1. The Kier molecular flexibility index (Phi) is 4.09. The van der Waals surface area contributed by atoms with Gasteiger partial charge in [-0.3, -0.25) is 4.79 Å². The van der Waals surface area contributed by atoms with E-state index in [2.05, 4.69) is 20.8 Å². The maximum absolute atomic E-state index is 11.1. The Labute approximate surface area is 119 Å². The number of hydrogen-bond acceptors (Lipinski definition) is 3. The molecule has 0 saturated carbocycles. The minimum Gasteiger partial charge on any atom is -0.478 e. The molecule has 19 heavy (non-hydrogen) atoms. The number of anilines is 1. The van der Waals surface area contributed by atoms with E-state index < -0.39 is 5.97 Å². The van der Waals surface area contributed by atoms with Crippen molar-refractivity contribution < 1.29 is 14.7 Å². The number of nitrogens with two attached hydrogens (primary N) is 1. The Morgan fingerprint density at radius 1 is 1.32 bits per heavy atom. The third-order valence-electron chi connectivity index (χ3n) is 3.43. The quantitative estimate of drug-likeness (QED) is 0.887. The number of piperidine rings is 1. The van der Waals surface area contributed by atoms with E-state index in [-0.39, 0.29) is 17.4 Å². The van der Waals surface area contributed by atoms with Crippen LogP contribution in [0, 0.1) is 5.92 Å². The molecule has 0 aromatic heterocycles. The molecule has 6 heteroatoms. The summed E-state index contributed by atoms with van der Waals surface area (Å²) in [5, 5.41) is 8.92. The molecule has 0 bridgehead atoms. The Morgan fingerprint density at radius 3 is 2.42 bits per heavy atom. The van der Waals surface area contributed by atoms with Gasteiger partial charge < -0.3 is 15.7 Å². The van der Waals surface area contributed by atoms with Gasteiger partial charge in [-0.05, 0) is 47.0 Å². The van der Waals surface area contributed by atoms with E-state index in [1.807, 2.05) is 0 Å². The highest BCUT2D eigenvalue weighted by Gasteiger charge is 2.24. The standard InChI is InChI=1S/C13H15BrN2O3/c14-10-7-9(13(18)19)1-2-11(10)16-5-3-8(4-6-16)12(15)17/h1-2,7-8H,3-6H2,(H2,15,17)(H,18,19). The predicted octanol–water partition coefficient (Wildman–Crippen LogP) is 1.85. The summed E-state index contributed by atoms with van der Waals surface area (Å²) in [7, 11) is 0. The summed E-state index contributed by atoms with van der Waals surface area (Å²) in [4.78, 5) is 24.1. The molecule has 1 aromatic rings. The summed E-state index contributed by atoms with van der Waals surface area (Å²) < 4.78 is 0.755. The first-order valence-electron chi connectivity index (χ1n) is 6.06. The van der Waals surface area contributed by atoms with Crippen LogP contribution in [-0.2, 0) is 4.79 Å². The largest absolute Gasteiger partial charge is 0.478 e. The molecular formula is C13H15BrN2O3. The zero-order chi connectivity index (χ0) is 14.0. The lowest BCUT2D eigenvalue weighted by Crippen LogP contribution is -2.38. The number of carbonyl (C=O) groups is 2. The fourth-order valence-electron chi connectivity index (χ4n) is 2.30. The molecule has 3 N–H and O–H groups in total. The lowest BCUT2D eigenvalue weighted by molar-refractivity contribution is -0.122. The minimum atomic E-state index is -0.945. The van der Waals surface area contributed by atoms with Crippen LogP contribution in [0.25, 0.3) is 0 Å². The fraction of sp³-hybridized carbons (Fsp3) is 0.385. The second kappa shape index (κ2) is 5.61. The normalized spacial score (nSPS) is 16.4. The maximum atomic E-state index is 11.1. The van der Waals surface area contributed by atoms with Crippen LogP contribution in [-0.4, -0.2) is 30.1 Å². The number of carbonyl (C=O) groups excluding carboxylic acids is 1. The summed E-state index contributed by atoms with van der Waals surface area (Å²) in [6.07, 6.45) is 1.48. The van der Waals surface area contributed by atoms with Gasteiger partial charge in [0.1, 0.15) is 0 Å². The van der Waals surface area contributed by atoms with Gasteiger partial charge in [0.2, 0.25) is 5.91 Å². The van der Waals surface area contributed by atoms with Crippen LogP contribution in [0.3, 0.4) is 0 Å². The second-order valence-electron chi connectivity index (χ2n) is 4.64. The predicted molar refractivity (Wildman–Crippen MR) is 75.2 cm³/mol. The van der Waals surface area contributed by atoms with E-state index in [9.17, 15) is 9.59 Å². The Hall–Kier alpha value is -1.56. The third-order valence-corrected chi connectivity index (χ3v) is 4.07. The Bertz CT molecular complexity index is 511. The maximum Gasteiger partial charge on any atom is 0.335 e. The monoisotopic (exact) mass is 326 g/mol. The molecule has 1 fully saturated rings. The molecular weight excluding hydrogens is 312 g/mol. The SMILES string of the molecule is NC(=O)C1CCN(c2ccc(C(=O)O)cc2Br)CC1. The highest BCUT2D eigenvalue weighted by molar-refractivity contribution is 9.10. The van der Waals surface area contributed by atoms with Crippen LogP contribution in [0.15, 0.2) is 22.7 Å². The molecule has 0 atom stereocenters. The molecule has 0 aliphatic carbocycles. The van der Waals surface area contributed by atoms with Crippen LogP contribution in [0.5, 0.6) is 0 Å². The van der Waals surface area contributed by atoms with E-state index in [1.54, 1.807) is 18.2 Å². The highest BCUT2D eigenvalue weighted by atomic mass is 79.9. The molecule has 1 heterocycles. The van der Waals surface area contributed by atoms with Gasteiger partial charge in [0, 0.05) is 23.5 Å². The highest BCUT2D eigenvalue weighted by Crippen LogP contribution is 2.30. The molecule has 0 spiro atoms. The van der Waals surface area contributed by atoms with Crippen molar-refractivity contribution in [2.24, 2.45) is 11.7 Å². The van der Waals surface area contributed by atoms with Gasteiger partial charge >= 0.3 is 5.97 Å². The lowest BCUT2D eigenvalue weighted by Gasteiger charge is -2.33. The van der Waals surface area contributed by atoms with E-state index >= 15 is 0 Å². The number of rotatable bonds is 3. The van der Waals surface area contributed by atoms with Crippen molar-refractivity contribution in [2.45, 2.75) is 12.8 Å². The van der Waals surface area contributed by atoms with Crippen molar-refractivity contribution in [2.75, 3.05) is 18.0 Å². The summed E-state index contributed by atoms with van der Waals surface area (Å²) in [6, 6.07) is 4.97. The number of carboxylic acid groups (broad SMARTS) is 1. The van der Waals surface area contributed by atoms with Crippen molar-refractivity contribution in [1.82, 2.24) is 0 Å². The average molecular weight is 327 g/mol. The van der Waals surface area contributed by atoms with Crippen LogP contribution < -0.4 is 10.6 Å². The van der Waals surface area contributed by atoms with Crippen molar-refractivity contribution >= 4 is 33.5 Å². The molecule has 1 aromatic carbocycles. The Morgan fingerprint density at radius 2 is 1.95 bits per heavy atom. The van der Waals surface area contributed by atoms with Gasteiger partial charge in [-0.15, -0.1) is 0 Å². The van der Waals surface area contributed by atoms with Gasteiger partial charge in [-0.25, -0.2) is 4.79 Å². The van der Waals surface area contributed by atoms with Crippen LogP contribution >= 0.6 is 15.9 Å². The van der Waals surface area contributed by atoms with Crippen LogP contribution in [0.1, 0.15) is 23.2 Å². The van der Waals surface area contributed by atoms with E-state index in [1.165, 1.54) is 0 Å². The third kappa shape index (κ3) is 3.07. The van der Waals surface area contributed by atoms with E-state index in [0.29, 0.717) is 0 Å². The smallest absolute Gasteiger partial charge is 0.335 e. The first-order valence-corrected chi connectivity index (χ1v) is 6.85. The molecule has 0 radical (unpaired) electrons. The number of carboxylic acids is 1. The van der Waals surface area contributed by atoms with Crippen LogP contribution in [0.2, 0.25) is 0 Å². The number of amides is 1. The van der Waals surface area contributed by atoms with E-state index in [0.717, 1.165) is 36.1 Å². The number of benzene rings is 1. The van der Waals surface area contributed by atoms with Crippen LogP contribution in [0.4, 0.5) is 5.69 Å². The van der Waals surface area contributed by atoms with Gasteiger partial charge in [-0.2, -0.15) is 0 Å². The first-order chi connectivity index (χ1) is 8.99. The number of primary amides is 1. The lowest BCUT2D eigenvalue weighted by atomic mass is 9.96. The average Bonchev–Trinajstić information content (AvgIpc) is 2.38. The summed E-state index contributed by atoms with van der Waals surface area (Å²) in [5.74, 6) is -1.23. The van der Waals surface area contributed by atoms with Gasteiger partial charge in [-0.1, -0.05) is 0 Å². The minimum absolute atomic E-state index is 0.0479. The topological polar surface area (TPSA) is 83.6 Å². The van der Waals surface area contributed by atoms with Gasteiger partial charge in [0.25, 0.3) is 0 Å². The number of aromatic carboxylic acids is 1. The zero-order valence-electron chi connectivity index (χ0n) is 10.3.